The maximum absolute atomic E-state index is 12.4. The third-order valence-corrected chi connectivity index (χ3v) is 5.12. The second-order valence-corrected chi connectivity index (χ2v) is 7.29. The van der Waals surface area contributed by atoms with E-state index in [9.17, 15) is 9.90 Å². The van der Waals surface area contributed by atoms with E-state index >= 15 is 0 Å². The first kappa shape index (κ1) is 16.7. The second kappa shape index (κ2) is 5.74. The standard InChI is InChI=1S/C19H25N3O2/c1-11-16-15(21-20-11)10-19(3,24)18(12(2)23)17(16)13-6-8-14(9-7-13)22(4)5/h6-9,17-18,24H,10H2,1-5H3,(H,20,21)/t17-,18+,19+/m1/s1. The smallest absolute Gasteiger partial charge is 0.136 e. The van der Waals surface area contributed by atoms with E-state index in [1.807, 2.05) is 50.2 Å². The molecule has 0 fully saturated rings. The number of ketones is 1. The zero-order valence-corrected chi connectivity index (χ0v) is 14.9. The number of fused-ring (bicyclic) bond motifs is 1. The number of nitrogens with one attached hydrogen (secondary N) is 1. The van der Waals surface area contributed by atoms with Crippen molar-refractivity contribution in [3.63, 3.8) is 0 Å². The lowest BCUT2D eigenvalue weighted by Crippen LogP contribution is -2.48. The quantitative estimate of drug-likeness (QED) is 0.908. The van der Waals surface area contributed by atoms with Crippen molar-refractivity contribution in [2.24, 2.45) is 5.92 Å². The molecule has 1 aliphatic carbocycles. The van der Waals surface area contributed by atoms with Gasteiger partial charge in [0.1, 0.15) is 5.78 Å². The summed E-state index contributed by atoms with van der Waals surface area (Å²) in [5.41, 5.74) is 3.91. The first-order chi connectivity index (χ1) is 11.2. The van der Waals surface area contributed by atoms with E-state index in [2.05, 4.69) is 10.2 Å². The molecule has 128 valence electrons. The molecule has 1 heterocycles. The molecule has 0 spiro atoms. The van der Waals surface area contributed by atoms with E-state index < -0.39 is 11.5 Å². The second-order valence-electron chi connectivity index (χ2n) is 7.29. The lowest BCUT2D eigenvalue weighted by Gasteiger charge is -2.41. The van der Waals surface area contributed by atoms with Crippen LogP contribution in [0.3, 0.4) is 0 Å². The van der Waals surface area contributed by atoms with E-state index in [-0.39, 0.29) is 11.7 Å². The van der Waals surface area contributed by atoms with Gasteiger partial charge in [0.2, 0.25) is 0 Å². The van der Waals surface area contributed by atoms with Crippen LogP contribution in [0.25, 0.3) is 0 Å². The molecule has 2 N–H and O–H groups in total. The highest BCUT2D eigenvalue weighted by Crippen LogP contribution is 2.46. The van der Waals surface area contributed by atoms with Crippen LogP contribution >= 0.6 is 0 Å². The first-order valence-corrected chi connectivity index (χ1v) is 8.26. The summed E-state index contributed by atoms with van der Waals surface area (Å²) in [6.45, 7) is 5.29. The topological polar surface area (TPSA) is 69.2 Å². The molecule has 0 aliphatic heterocycles. The van der Waals surface area contributed by atoms with Crippen LogP contribution in [-0.2, 0) is 11.2 Å². The Morgan fingerprint density at radius 3 is 2.50 bits per heavy atom. The van der Waals surface area contributed by atoms with Gasteiger partial charge in [0.05, 0.1) is 17.2 Å². The molecule has 1 aliphatic rings. The first-order valence-electron chi connectivity index (χ1n) is 8.26. The number of aliphatic hydroxyl groups is 1. The van der Waals surface area contributed by atoms with Gasteiger partial charge in [-0.05, 0) is 38.5 Å². The van der Waals surface area contributed by atoms with E-state index in [1.165, 1.54) is 0 Å². The summed E-state index contributed by atoms with van der Waals surface area (Å²) in [5, 5.41) is 18.3. The highest BCUT2D eigenvalue weighted by atomic mass is 16.3. The number of Topliss-reactive ketones (excluding diaryl/α,β-unsaturated/α-hetero) is 1. The largest absolute Gasteiger partial charge is 0.389 e. The molecule has 0 radical (unpaired) electrons. The van der Waals surface area contributed by atoms with Crippen molar-refractivity contribution in [1.82, 2.24) is 10.2 Å². The van der Waals surface area contributed by atoms with Crippen molar-refractivity contribution in [3.8, 4) is 0 Å². The number of nitrogens with zero attached hydrogens (tertiary/aromatic N) is 2. The maximum Gasteiger partial charge on any atom is 0.136 e. The van der Waals surface area contributed by atoms with Gasteiger partial charge >= 0.3 is 0 Å². The van der Waals surface area contributed by atoms with Crippen molar-refractivity contribution in [2.75, 3.05) is 19.0 Å². The Labute approximate surface area is 142 Å². The van der Waals surface area contributed by atoms with Crippen molar-refractivity contribution in [1.29, 1.82) is 0 Å². The van der Waals surface area contributed by atoms with Crippen LogP contribution in [0, 0.1) is 12.8 Å². The maximum atomic E-state index is 12.4. The normalized spacial score (nSPS) is 26.1. The van der Waals surface area contributed by atoms with Gasteiger partial charge in [0.25, 0.3) is 0 Å². The Morgan fingerprint density at radius 2 is 1.96 bits per heavy atom. The average Bonchev–Trinajstić information content (AvgIpc) is 2.85. The Hall–Kier alpha value is -2.14. The van der Waals surface area contributed by atoms with E-state index in [1.54, 1.807) is 13.8 Å². The minimum Gasteiger partial charge on any atom is -0.389 e. The Bertz CT molecular complexity index is 759. The fraction of sp³-hybridized carbons (Fsp3) is 0.474. The molecule has 1 aromatic carbocycles. The number of rotatable bonds is 3. The van der Waals surface area contributed by atoms with Crippen molar-refractivity contribution in [3.05, 3.63) is 46.8 Å². The molecular weight excluding hydrogens is 302 g/mol. The van der Waals surface area contributed by atoms with Crippen LogP contribution in [0.5, 0.6) is 0 Å². The summed E-state index contributed by atoms with van der Waals surface area (Å²) < 4.78 is 0. The Balaban J connectivity index is 2.17. The number of hydrogen-bond acceptors (Lipinski definition) is 4. The highest BCUT2D eigenvalue weighted by Gasteiger charge is 2.48. The summed E-state index contributed by atoms with van der Waals surface area (Å²) in [6.07, 6.45) is 0.392. The van der Waals surface area contributed by atoms with Crippen LogP contribution < -0.4 is 4.90 Å². The summed E-state index contributed by atoms with van der Waals surface area (Å²) in [6, 6.07) is 8.19. The Morgan fingerprint density at radius 1 is 1.33 bits per heavy atom. The number of aromatic amines is 1. The Kier molecular flexibility index (Phi) is 4.00. The molecule has 0 amide bonds. The molecule has 3 rings (SSSR count). The predicted molar refractivity (Wildman–Crippen MR) is 94.4 cm³/mol. The highest BCUT2D eigenvalue weighted by molar-refractivity contribution is 5.82. The van der Waals surface area contributed by atoms with Crippen LogP contribution in [0.2, 0.25) is 0 Å². The SMILES string of the molecule is CC(=O)[C@H]1[C@H](c2ccc(N(C)C)cc2)c2c(n[nH]c2C)C[C@]1(C)O. The van der Waals surface area contributed by atoms with Crippen molar-refractivity contribution < 1.29 is 9.90 Å². The van der Waals surface area contributed by atoms with Crippen LogP contribution in [-0.4, -0.2) is 40.8 Å². The molecule has 24 heavy (non-hydrogen) atoms. The predicted octanol–water partition coefficient (Wildman–Crippen LogP) is 2.43. The summed E-state index contributed by atoms with van der Waals surface area (Å²) in [5.74, 6) is -0.657. The molecule has 0 saturated heterocycles. The van der Waals surface area contributed by atoms with Crippen LogP contribution in [0.1, 0.15) is 42.3 Å². The van der Waals surface area contributed by atoms with Crippen molar-refractivity contribution >= 4 is 11.5 Å². The summed E-state index contributed by atoms with van der Waals surface area (Å²) >= 11 is 0. The molecule has 0 unspecified atom stereocenters. The molecule has 5 heteroatoms. The summed E-state index contributed by atoms with van der Waals surface area (Å²) in [4.78, 5) is 14.5. The average molecular weight is 327 g/mol. The minimum absolute atomic E-state index is 0.00735. The monoisotopic (exact) mass is 327 g/mol. The number of benzene rings is 1. The molecule has 1 aromatic heterocycles. The van der Waals surface area contributed by atoms with Gasteiger partial charge in [-0.15, -0.1) is 0 Å². The third-order valence-electron chi connectivity index (χ3n) is 5.12. The number of aromatic nitrogens is 2. The van der Waals surface area contributed by atoms with Gasteiger partial charge in [-0.2, -0.15) is 5.10 Å². The van der Waals surface area contributed by atoms with Crippen molar-refractivity contribution in [2.45, 2.75) is 38.7 Å². The van der Waals surface area contributed by atoms with Crippen LogP contribution in [0.15, 0.2) is 24.3 Å². The van der Waals surface area contributed by atoms with E-state index in [4.69, 9.17) is 0 Å². The zero-order chi connectivity index (χ0) is 17.6. The van der Waals surface area contributed by atoms with Gasteiger partial charge in [0.15, 0.2) is 0 Å². The fourth-order valence-electron chi connectivity index (χ4n) is 4.02. The minimum atomic E-state index is -1.11. The molecule has 0 saturated carbocycles. The van der Waals surface area contributed by atoms with Gasteiger partial charge in [-0.3, -0.25) is 9.89 Å². The fourth-order valence-corrected chi connectivity index (χ4v) is 4.02. The third kappa shape index (κ3) is 2.63. The molecule has 2 aromatic rings. The molecular formula is C19H25N3O2. The van der Waals surface area contributed by atoms with Crippen LogP contribution in [0.4, 0.5) is 5.69 Å². The molecule has 3 atom stereocenters. The summed E-state index contributed by atoms with van der Waals surface area (Å²) in [7, 11) is 3.99. The lowest BCUT2D eigenvalue weighted by atomic mass is 9.64. The van der Waals surface area contributed by atoms with Gasteiger partial charge in [0, 0.05) is 43.4 Å². The van der Waals surface area contributed by atoms with Gasteiger partial charge in [-0.1, -0.05) is 12.1 Å². The number of H-pyrrole nitrogens is 1. The number of carbonyl (C=O) groups excluding carboxylic acids is 1. The zero-order valence-electron chi connectivity index (χ0n) is 14.9. The molecule has 5 nitrogen and oxygen atoms in total. The molecule has 0 bridgehead atoms. The van der Waals surface area contributed by atoms with E-state index in [0.717, 1.165) is 28.2 Å². The van der Waals surface area contributed by atoms with Gasteiger partial charge in [-0.25, -0.2) is 0 Å². The number of carbonyl (C=O) groups is 1. The number of anilines is 1. The number of aryl methyl sites for hydroxylation is 1. The van der Waals surface area contributed by atoms with Gasteiger partial charge < -0.3 is 10.0 Å². The van der Waals surface area contributed by atoms with E-state index in [0.29, 0.717) is 6.42 Å². The number of hydrogen-bond donors (Lipinski definition) is 2. The lowest BCUT2D eigenvalue weighted by molar-refractivity contribution is -0.130.